The van der Waals surface area contributed by atoms with Gasteiger partial charge in [0.25, 0.3) is 5.91 Å². The summed E-state index contributed by atoms with van der Waals surface area (Å²) < 4.78 is 4.77. The van der Waals surface area contributed by atoms with Crippen molar-refractivity contribution in [3.8, 4) is 0 Å². The summed E-state index contributed by atoms with van der Waals surface area (Å²) >= 11 is 0. The summed E-state index contributed by atoms with van der Waals surface area (Å²) in [6, 6.07) is 5.19. The molecule has 7 nitrogen and oxygen atoms in total. The third kappa shape index (κ3) is 3.76. The number of carbonyl (C=O) groups is 2. The van der Waals surface area contributed by atoms with Crippen molar-refractivity contribution in [2.24, 2.45) is 0 Å². The predicted molar refractivity (Wildman–Crippen MR) is 94.0 cm³/mol. The molecule has 3 rings (SSSR count). The van der Waals surface area contributed by atoms with Crippen LogP contribution in [0.1, 0.15) is 39.4 Å². The molecule has 0 spiro atoms. The largest absolute Gasteiger partial charge is 0.465 e. The SMILES string of the molecule is COC(=O)c1ccc(N2CCCC2)c(NC(=O)c2cnc(C)cn2)c1. The van der Waals surface area contributed by atoms with Crippen molar-refractivity contribution in [3.63, 3.8) is 0 Å². The molecule has 1 amide bonds. The Bertz CT molecular complexity index is 783. The molecule has 0 atom stereocenters. The zero-order chi connectivity index (χ0) is 17.8. The number of aryl methyl sites for hydroxylation is 1. The molecular weight excluding hydrogens is 320 g/mol. The van der Waals surface area contributed by atoms with Crippen molar-refractivity contribution in [1.82, 2.24) is 9.97 Å². The summed E-state index contributed by atoms with van der Waals surface area (Å²) in [4.78, 5) is 34.7. The number of anilines is 2. The van der Waals surface area contributed by atoms with Gasteiger partial charge in [-0.1, -0.05) is 0 Å². The van der Waals surface area contributed by atoms with Gasteiger partial charge in [-0.05, 0) is 38.0 Å². The summed E-state index contributed by atoms with van der Waals surface area (Å²) in [6.07, 6.45) is 5.19. The summed E-state index contributed by atoms with van der Waals surface area (Å²) in [5, 5.41) is 2.85. The molecule has 0 unspecified atom stereocenters. The van der Waals surface area contributed by atoms with Gasteiger partial charge in [0.2, 0.25) is 0 Å². The van der Waals surface area contributed by atoms with Gasteiger partial charge in [0.05, 0.1) is 35.9 Å². The second kappa shape index (κ2) is 7.29. The van der Waals surface area contributed by atoms with Gasteiger partial charge in [-0.2, -0.15) is 0 Å². The molecule has 1 aliphatic rings. The van der Waals surface area contributed by atoms with Crippen LogP contribution in [0, 0.1) is 6.92 Å². The predicted octanol–water partition coefficient (Wildman–Crippen LogP) is 2.42. The first-order valence-electron chi connectivity index (χ1n) is 8.16. The fourth-order valence-electron chi connectivity index (χ4n) is 2.81. The number of carbonyl (C=O) groups excluding carboxylic acids is 2. The maximum Gasteiger partial charge on any atom is 0.337 e. The Balaban J connectivity index is 1.91. The Labute approximate surface area is 146 Å². The number of nitrogens with one attached hydrogen (secondary N) is 1. The van der Waals surface area contributed by atoms with Crippen LogP contribution in [0.5, 0.6) is 0 Å². The van der Waals surface area contributed by atoms with Crippen LogP contribution in [0.4, 0.5) is 11.4 Å². The summed E-state index contributed by atoms with van der Waals surface area (Å²) in [6.45, 7) is 3.65. The number of hydrogen-bond donors (Lipinski definition) is 1. The van der Waals surface area contributed by atoms with Gasteiger partial charge in [-0.15, -0.1) is 0 Å². The van der Waals surface area contributed by atoms with Gasteiger partial charge in [0, 0.05) is 19.3 Å². The van der Waals surface area contributed by atoms with E-state index >= 15 is 0 Å². The van der Waals surface area contributed by atoms with E-state index in [2.05, 4.69) is 20.2 Å². The maximum absolute atomic E-state index is 12.5. The average molecular weight is 340 g/mol. The van der Waals surface area contributed by atoms with E-state index in [-0.39, 0.29) is 11.6 Å². The second-order valence-corrected chi connectivity index (χ2v) is 5.91. The lowest BCUT2D eigenvalue weighted by Gasteiger charge is -2.22. The highest BCUT2D eigenvalue weighted by molar-refractivity contribution is 6.05. The highest BCUT2D eigenvalue weighted by Crippen LogP contribution is 2.30. The molecule has 0 bridgehead atoms. The monoisotopic (exact) mass is 340 g/mol. The number of nitrogens with zero attached hydrogens (tertiary/aromatic N) is 3. The number of amides is 1. The maximum atomic E-state index is 12.5. The van der Waals surface area contributed by atoms with Gasteiger partial charge in [-0.3, -0.25) is 9.78 Å². The molecule has 7 heteroatoms. The molecule has 130 valence electrons. The van der Waals surface area contributed by atoms with Crippen LogP contribution in [0.3, 0.4) is 0 Å². The highest BCUT2D eigenvalue weighted by Gasteiger charge is 2.20. The van der Waals surface area contributed by atoms with Crippen LogP contribution in [-0.2, 0) is 4.74 Å². The van der Waals surface area contributed by atoms with Crippen LogP contribution in [0.15, 0.2) is 30.6 Å². The van der Waals surface area contributed by atoms with Gasteiger partial charge < -0.3 is 15.0 Å². The quantitative estimate of drug-likeness (QED) is 0.861. The normalized spacial score (nSPS) is 13.6. The van der Waals surface area contributed by atoms with E-state index in [0.29, 0.717) is 11.3 Å². The van der Waals surface area contributed by atoms with E-state index < -0.39 is 5.97 Å². The minimum absolute atomic E-state index is 0.224. The topological polar surface area (TPSA) is 84.4 Å². The van der Waals surface area contributed by atoms with E-state index in [1.165, 1.54) is 13.3 Å². The number of rotatable bonds is 4. The number of methoxy groups -OCH3 is 1. The third-order valence-electron chi connectivity index (χ3n) is 4.13. The molecule has 1 N–H and O–H groups in total. The number of ether oxygens (including phenoxy) is 1. The minimum atomic E-state index is -0.446. The lowest BCUT2D eigenvalue weighted by Crippen LogP contribution is -2.22. The third-order valence-corrected chi connectivity index (χ3v) is 4.13. The van der Waals surface area contributed by atoms with Gasteiger partial charge in [-0.25, -0.2) is 9.78 Å². The number of benzene rings is 1. The Kier molecular flexibility index (Phi) is 4.92. The molecule has 2 heterocycles. The van der Waals surface area contributed by atoms with Crippen LogP contribution in [0.2, 0.25) is 0 Å². The number of aromatic nitrogens is 2. The summed E-state index contributed by atoms with van der Waals surface area (Å²) in [7, 11) is 1.33. The number of hydrogen-bond acceptors (Lipinski definition) is 6. The highest BCUT2D eigenvalue weighted by atomic mass is 16.5. The van der Waals surface area contributed by atoms with E-state index in [9.17, 15) is 9.59 Å². The van der Waals surface area contributed by atoms with Crippen LogP contribution in [0.25, 0.3) is 0 Å². The van der Waals surface area contributed by atoms with E-state index in [1.54, 1.807) is 25.3 Å². The molecule has 25 heavy (non-hydrogen) atoms. The van der Waals surface area contributed by atoms with Gasteiger partial charge in [0.15, 0.2) is 0 Å². The van der Waals surface area contributed by atoms with E-state index in [1.807, 2.05) is 6.07 Å². The first-order chi connectivity index (χ1) is 12.1. The fourth-order valence-corrected chi connectivity index (χ4v) is 2.81. The van der Waals surface area contributed by atoms with Crippen LogP contribution < -0.4 is 10.2 Å². The van der Waals surface area contributed by atoms with Crippen molar-refractivity contribution in [2.45, 2.75) is 19.8 Å². The zero-order valence-corrected chi connectivity index (χ0v) is 14.3. The van der Waals surface area contributed by atoms with Crippen LogP contribution >= 0.6 is 0 Å². The first kappa shape index (κ1) is 16.9. The standard InChI is InChI=1S/C18H20N4O3/c1-12-10-20-15(11-19-12)17(23)21-14-9-13(18(24)25-2)5-6-16(14)22-7-3-4-8-22/h5-6,9-11H,3-4,7-8H2,1-2H3,(H,21,23). The molecule has 0 radical (unpaired) electrons. The van der Waals surface area contributed by atoms with Crippen LogP contribution in [-0.4, -0.2) is 42.0 Å². The molecule has 1 saturated heterocycles. The van der Waals surface area contributed by atoms with Crippen molar-refractivity contribution in [1.29, 1.82) is 0 Å². The zero-order valence-electron chi connectivity index (χ0n) is 14.3. The Hall–Kier alpha value is -2.96. The Morgan fingerprint density at radius 2 is 1.92 bits per heavy atom. The summed E-state index contributed by atoms with van der Waals surface area (Å²) in [5.41, 5.74) is 2.80. The van der Waals surface area contributed by atoms with Crippen molar-refractivity contribution >= 4 is 23.3 Å². The van der Waals surface area contributed by atoms with Gasteiger partial charge in [0.1, 0.15) is 5.69 Å². The summed E-state index contributed by atoms with van der Waals surface area (Å²) in [5.74, 6) is -0.812. The molecule has 1 aliphatic heterocycles. The van der Waals surface area contributed by atoms with Crippen molar-refractivity contribution < 1.29 is 14.3 Å². The Morgan fingerprint density at radius 3 is 2.56 bits per heavy atom. The van der Waals surface area contributed by atoms with Crippen molar-refractivity contribution in [2.75, 3.05) is 30.4 Å². The number of esters is 1. The molecule has 1 fully saturated rings. The lowest BCUT2D eigenvalue weighted by molar-refractivity contribution is 0.0600. The fraction of sp³-hybridized carbons (Fsp3) is 0.333. The average Bonchev–Trinajstić information content (AvgIpc) is 3.16. The smallest absolute Gasteiger partial charge is 0.337 e. The van der Waals surface area contributed by atoms with E-state index in [4.69, 9.17) is 4.74 Å². The lowest BCUT2D eigenvalue weighted by atomic mass is 10.1. The molecular formula is C18H20N4O3. The molecule has 2 aromatic rings. The molecule has 1 aromatic heterocycles. The minimum Gasteiger partial charge on any atom is -0.465 e. The molecule has 1 aromatic carbocycles. The van der Waals surface area contributed by atoms with E-state index in [0.717, 1.165) is 37.3 Å². The van der Waals surface area contributed by atoms with Gasteiger partial charge >= 0.3 is 5.97 Å². The Morgan fingerprint density at radius 1 is 1.16 bits per heavy atom. The molecule has 0 aliphatic carbocycles. The molecule has 0 saturated carbocycles. The van der Waals surface area contributed by atoms with Crippen molar-refractivity contribution in [3.05, 3.63) is 47.5 Å². The second-order valence-electron chi connectivity index (χ2n) is 5.91. The first-order valence-corrected chi connectivity index (χ1v) is 8.16.